The van der Waals surface area contributed by atoms with Gasteiger partial charge in [-0.25, -0.2) is 0 Å². The summed E-state index contributed by atoms with van der Waals surface area (Å²) in [7, 11) is 0. The molecule has 3 rings (SSSR count). The predicted molar refractivity (Wildman–Crippen MR) is 152 cm³/mol. The van der Waals surface area contributed by atoms with Gasteiger partial charge in [0.15, 0.2) is 0 Å². The molecular formula is C30H45N3O3S. The molecule has 2 unspecified atom stereocenters. The molecule has 0 aliphatic carbocycles. The number of nitrogens with one attached hydrogen (secondary N) is 2. The summed E-state index contributed by atoms with van der Waals surface area (Å²) in [6.45, 7) is 12.3. The molecule has 1 aromatic carbocycles. The normalized spacial score (nSPS) is 19.1. The molecule has 0 spiro atoms. The summed E-state index contributed by atoms with van der Waals surface area (Å²) in [6.07, 6.45) is 11.3. The van der Waals surface area contributed by atoms with E-state index in [1.54, 1.807) is 4.90 Å². The first-order chi connectivity index (χ1) is 17.8. The van der Waals surface area contributed by atoms with Crippen LogP contribution >= 0.6 is 11.8 Å². The standard InChI is InChI=1S/C30H45N3O3S/c1-5-17-30(6-2,20-22(3)4)31-18-10-8-7-9-11-19-37-26-14-12-13-23-24(26)21-33(29(23)36)25-15-16-27(34)32-28(25)35/h12-14,25,31H,3,5-11,15-21H2,1-2,4H3,(H,32,34,35). The van der Waals surface area contributed by atoms with E-state index in [2.05, 4.69) is 44.1 Å². The monoisotopic (exact) mass is 527 g/mol. The number of imide groups is 1. The van der Waals surface area contributed by atoms with E-state index in [9.17, 15) is 14.4 Å². The Bertz CT molecular complexity index is 979. The Morgan fingerprint density at radius 2 is 1.92 bits per heavy atom. The third-order valence-electron chi connectivity index (χ3n) is 7.66. The molecule has 37 heavy (non-hydrogen) atoms. The van der Waals surface area contributed by atoms with Gasteiger partial charge in [-0.2, -0.15) is 0 Å². The summed E-state index contributed by atoms with van der Waals surface area (Å²) in [5, 5.41) is 6.23. The Kier molecular flexibility index (Phi) is 11.3. The first-order valence-electron chi connectivity index (χ1n) is 14.1. The van der Waals surface area contributed by atoms with Crippen molar-refractivity contribution in [2.45, 2.75) is 114 Å². The lowest BCUT2D eigenvalue weighted by molar-refractivity contribution is -0.136. The highest BCUT2D eigenvalue weighted by Gasteiger charge is 2.39. The number of carbonyl (C=O) groups is 3. The van der Waals surface area contributed by atoms with Crippen LogP contribution in [0, 0.1) is 0 Å². The third-order valence-corrected chi connectivity index (χ3v) is 8.85. The molecule has 0 radical (unpaired) electrons. The zero-order valence-corrected chi connectivity index (χ0v) is 23.8. The van der Waals surface area contributed by atoms with E-state index < -0.39 is 6.04 Å². The number of carbonyl (C=O) groups excluding carboxylic acids is 3. The van der Waals surface area contributed by atoms with E-state index in [-0.39, 0.29) is 29.7 Å². The number of fused-ring (bicyclic) bond motifs is 1. The maximum atomic E-state index is 13.0. The molecule has 204 valence electrons. The predicted octanol–water partition coefficient (Wildman–Crippen LogP) is 5.99. The minimum absolute atomic E-state index is 0.102. The molecule has 3 amide bonds. The Hall–Kier alpha value is -2.12. The highest BCUT2D eigenvalue weighted by molar-refractivity contribution is 7.99. The Labute approximate surface area is 227 Å². The fourth-order valence-electron chi connectivity index (χ4n) is 5.71. The molecule has 1 fully saturated rings. The molecular weight excluding hydrogens is 482 g/mol. The number of amides is 3. The van der Waals surface area contributed by atoms with Gasteiger partial charge in [0, 0.05) is 29.0 Å². The van der Waals surface area contributed by atoms with Crippen LogP contribution in [0.25, 0.3) is 0 Å². The molecule has 0 bridgehead atoms. The van der Waals surface area contributed by atoms with E-state index in [0.717, 1.165) is 42.0 Å². The van der Waals surface area contributed by atoms with Crippen LogP contribution in [0.15, 0.2) is 35.2 Å². The SMILES string of the molecule is C=C(C)CC(CC)(CCC)NCCCCCCCSc1cccc2c1CN(C1CCC(=O)NC1=O)C2=O. The molecule has 0 saturated carbocycles. The smallest absolute Gasteiger partial charge is 0.255 e. The van der Waals surface area contributed by atoms with Gasteiger partial charge in [-0.3, -0.25) is 19.7 Å². The van der Waals surface area contributed by atoms with Crippen molar-refractivity contribution >= 4 is 29.5 Å². The zero-order chi connectivity index (χ0) is 26.8. The van der Waals surface area contributed by atoms with E-state index in [1.165, 1.54) is 44.1 Å². The van der Waals surface area contributed by atoms with Crippen LogP contribution in [0.4, 0.5) is 0 Å². The van der Waals surface area contributed by atoms with Crippen LogP contribution in [0.5, 0.6) is 0 Å². The zero-order valence-electron chi connectivity index (χ0n) is 23.0. The fraction of sp³-hybridized carbons (Fsp3) is 0.633. The minimum atomic E-state index is -0.560. The van der Waals surface area contributed by atoms with Crippen LogP contribution in [0.1, 0.15) is 107 Å². The number of benzene rings is 1. The van der Waals surface area contributed by atoms with E-state index >= 15 is 0 Å². The highest BCUT2D eigenvalue weighted by atomic mass is 32.2. The van der Waals surface area contributed by atoms with Gasteiger partial charge in [-0.15, -0.1) is 18.3 Å². The quantitative estimate of drug-likeness (QED) is 0.119. The van der Waals surface area contributed by atoms with Gasteiger partial charge in [-0.1, -0.05) is 51.2 Å². The molecule has 2 atom stereocenters. The number of unbranched alkanes of at least 4 members (excludes halogenated alkanes) is 4. The van der Waals surface area contributed by atoms with Gasteiger partial charge in [0.05, 0.1) is 0 Å². The Morgan fingerprint density at radius 3 is 2.62 bits per heavy atom. The van der Waals surface area contributed by atoms with Gasteiger partial charge in [-0.05, 0) is 75.4 Å². The fourth-order valence-corrected chi connectivity index (χ4v) is 6.80. The molecule has 1 aromatic rings. The molecule has 2 N–H and O–H groups in total. The van der Waals surface area contributed by atoms with Gasteiger partial charge in [0.1, 0.15) is 6.04 Å². The van der Waals surface area contributed by atoms with Crippen molar-refractivity contribution in [1.29, 1.82) is 0 Å². The van der Waals surface area contributed by atoms with E-state index in [4.69, 9.17) is 0 Å². The van der Waals surface area contributed by atoms with E-state index in [1.807, 2.05) is 23.9 Å². The van der Waals surface area contributed by atoms with Gasteiger partial charge >= 0.3 is 0 Å². The maximum Gasteiger partial charge on any atom is 0.255 e. The summed E-state index contributed by atoms with van der Waals surface area (Å²) in [6, 6.07) is 5.31. The topological polar surface area (TPSA) is 78.5 Å². The third kappa shape index (κ3) is 7.93. The van der Waals surface area contributed by atoms with Crippen LogP contribution in [-0.2, 0) is 16.1 Å². The summed E-state index contributed by atoms with van der Waals surface area (Å²) < 4.78 is 0. The minimum Gasteiger partial charge on any atom is -0.322 e. The largest absolute Gasteiger partial charge is 0.322 e. The second kappa shape index (κ2) is 14.1. The molecule has 1 saturated heterocycles. The summed E-state index contributed by atoms with van der Waals surface area (Å²) in [5.41, 5.74) is 3.19. The Morgan fingerprint density at radius 1 is 1.16 bits per heavy atom. The second-order valence-corrected chi connectivity index (χ2v) is 11.9. The molecule has 2 heterocycles. The molecule has 6 nitrogen and oxygen atoms in total. The lowest BCUT2D eigenvalue weighted by Crippen LogP contribution is -2.52. The van der Waals surface area contributed by atoms with Gasteiger partial charge in [0.25, 0.3) is 5.91 Å². The molecule has 7 heteroatoms. The van der Waals surface area contributed by atoms with Gasteiger partial charge in [0.2, 0.25) is 11.8 Å². The van der Waals surface area contributed by atoms with Crippen molar-refractivity contribution in [3.8, 4) is 0 Å². The number of hydrogen-bond donors (Lipinski definition) is 2. The number of nitrogens with zero attached hydrogens (tertiary/aromatic N) is 1. The van der Waals surface area contributed by atoms with Crippen LogP contribution in [0.2, 0.25) is 0 Å². The summed E-state index contributed by atoms with van der Waals surface area (Å²) >= 11 is 1.81. The number of hydrogen-bond acceptors (Lipinski definition) is 5. The number of rotatable bonds is 16. The second-order valence-electron chi connectivity index (χ2n) is 10.7. The first-order valence-corrected chi connectivity index (χ1v) is 15.1. The van der Waals surface area contributed by atoms with Crippen molar-refractivity contribution in [3.05, 3.63) is 41.5 Å². The lowest BCUT2D eigenvalue weighted by Gasteiger charge is -2.34. The van der Waals surface area contributed by atoms with Crippen molar-refractivity contribution < 1.29 is 14.4 Å². The van der Waals surface area contributed by atoms with Crippen LogP contribution in [-0.4, -0.2) is 46.5 Å². The molecule has 2 aliphatic heterocycles. The van der Waals surface area contributed by atoms with Crippen LogP contribution < -0.4 is 10.6 Å². The van der Waals surface area contributed by atoms with Crippen molar-refractivity contribution in [2.24, 2.45) is 0 Å². The Balaban J connectivity index is 1.38. The maximum absolute atomic E-state index is 13.0. The molecule has 2 aliphatic rings. The highest BCUT2D eigenvalue weighted by Crippen LogP contribution is 2.34. The van der Waals surface area contributed by atoms with Crippen molar-refractivity contribution in [1.82, 2.24) is 15.5 Å². The average Bonchev–Trinajstić information content (AvgIpc) is 3.19. The van der Waals surface area contributed by atoms with Crippen molar-refractivity contribution in [3.63, 3.8) is 0 Å². The summed E-state index contributed by atoms with van der Waals surface area (Å²) in [4.78, 5) is 39.6. The van der Waals surface area contributed by atoms with Crippen molar-refractivity contribution in [2.75, 3.05) is 12.3 Å². The summed E-state index contributed by atoms with van der Waals surface area (Å²) in [5.74, 6) is 0.305. The lowest BCUT2D eigenvalue weighted by atomic mass is 9.84. The van der Waals surface area contributed by atoms with Gasteiger partial charge < -0.3 is 10.2 Å². The number of piperidine rings is 1. The molecule has 0 aromatic heterocycles. The average molecular weight is 528 g/mol. The van der Waals surface area contributed by atoms with E-state index in [0.29, 0.717) is 18.5 Å². The number of thioether (sulfide) groups is 1. The van der Waals surface area contributed by atoms with Crippen LogP contribution in [0.3, 0.4) is 0 Å². The first kappa shape index (κ1) is 29.4.